The summed E-state index contributed by atoms with van der Waals surface area (Å²) < 4.78 is 11.0. The molecule has 8 heteroatoms. The lowest BCUT2D eigenvalue weighted by Crippen LogP contribution is -2.40. The first-order valence-electron chi connectivity index (χ1n) is 9.46. The first-order chi connectivity index (χ1) is 13.1. The fourth-order valence-corrected chi connectivity index (χ4v) is 3.20. The third kappa shape index (κ3) is 5.41. The van der Waals surface area contributed by atoms with Gasteiger partial charge in [-0.25, -0.2) is 0 Å². The Labute approximate surface area is 158 Å². The van der Waals surface area contributed by atoms with E-state index >= 15 is 0 Å². The van der Waals surface area contributed by atoms with Crippen molar-refractivity contribution in [3.63, 3.8) is 0 Å². The predicted molar refractivity (Wildman–Crippen MR) is 102 cm³/mol. The van der Waals surface area contributed by atoms with Crippen LogP contribution in [0.4, 0.5) is 0 Å². The summed E-state index contributed by atoms with van der Waals surface area (Å²) in [5.41, 5.74) is 1.78. The number of hydrogen-bond acceptors (Lipinski definition) is 6. The van der Waals surface area contributed by atoms with Crippen molar-refractivity contribution < 1.29 is 19.4 Å². The number of amides is 1. The number of carbonyl (C=O) groups is 1. The number of hydrogen-bond donors (Lipinski definition) is 4. The molecule has 1 aliphatic heterocycles. The number of nitrogens with one attached hydrogen (secondary N) is 3. The fraction of sp³-hybridized carbons (Fsp3) is 0.579. The summed E-state index contributed by atoms with van der Waals surface area (Å²) in [7, 11) is 0. The summed E-state index contributed by atoms with van der Waals surface area (Å²) in [4.78, 5) is 12.0. The first-order valence-corrected chi connectivity index (χ1v) is 9.46. The van der Waals surface area contributed by atoms with Crippen molar-refractivity contribution in [1.29, 1.82) is 0 Å². The van der Waals surface area contributed by atoms with E-state index in [1.54, 1.807) is 0 Å². The maximum atomic E-state index is 12.0. The number of aliphatic hydroxyl groups excluding tert-OH is 1. The van der Waals surface area contributed by atoms with Crippen molar-refractivity contribution in [2.24, 2.45) is 5.92 Å². The molecule has 148 valence electrons. The van der Waals surface area contributed by atoms with E-state index in [1.807, 2.05) is 25.1 Å². The van der Waals surface area contributed by atoms with Crippen molar-refractivity contribution >= 4 is 16.8 Å². The molecule has 1 fully saturated rings. The Hall–Kier alpha value is -2.16. The van der Waals surface area contributed by atoms with Gasteiger partial charge < -0.3 is 25.2 Å². The molecule has 2 heterocycles. The Kier molecular flexibility index (Phi) is 7.03. The molecule has 1 aliphatic rings. The van der Waals surface area contributed by atoms with Gasteiger partial charge in [-0.05, 0) is 31.9 Å². The summed E-state index contributed by atoms with van der Waals surface area (Å²) in [6, 6.07) is 5.67. The van der Waals surface area contributed by atoms with Gasteiger partial charge in [0.25, 0.3) is 0 Å². The van der Waals surface area contributed by atoms with Crippen LogP contribution in [0.15, 0.2) is 18.2 Å². The third-order valence-electron chi connectivity index (χ3n) is 4.73. The monoisotopic (exact) mass is 376 g/mol. The molecular formula is C19H28N4O4. The smallest absolute Gasteiger partial charge is 0.223 e. The molecule has 0 spiro atoms. The van der Waals surface area contributed by atoms with Crippen LogP contribution in [0.5, 0.6) is 5.75 Å². The first kappa shape index (κ1) is 19.6. The Morgan fingerprint density at radius 1 is 1.41 bits per heavy atom. The zero-order valence-electron chi connectivity index (χ0n) is 15.7. The van der Waals surface area contributed by atoms with Crippen LogP contribution in [0, 0.1) is 12.8 Å². The maximum absolute atomic E-state index is 12.0. The van der Waals surface area contributed by atoms with Gasteiger partial charge in [-0.15, -0.1) is 0 Å². The SMILES string of the molecule is Cc1[nH]nc2cccc(OC[C@@H](O)CNCCNC(=O)C3CCOCC3)c12. The van der Waals surface area contributed by atoms with Gasteiger partial charge >= 0.3 is 0 Å². The van der Waals surface area contributed by atoms with Crippen molar-refractivity contribution in [2.45, 2.75) is 25.9 Å². The highest BCUT2D eigenvalue weighted by molar-refractivity contribution is 5.87. The molecule has 3 rings (SSSR count). The summed E-state index contributed by atoms with van der Waals surface area (Å²) >= 11 is 0. The lowest BCUT2D eigenvalue weighted by atomic mass is 9.99. The van der Waals surface area contributed by atoms with Gasteiger partial charge in [-0.3, -0.25) is 9.89 Å². The Balaban J connectivity index is 1.32. The van der Waals surface area contributed by atoms with Gasteiger partial charge in [-0.2, -0.15) is 5.10 Å². The zero-order chi connectivity index (χ0) is 19.1. The summed E-state index contributed by atoms with van der Waals surface area (Å²) in [6.45, 7) is 4.98. The number of aryl methyl sites for hydroxylation is 1. The minimum absolute atomic E-state index is 0.0619. The standard InChI is InChI=1S/C19H28N4O4/c1-13-18-16(23-22-13)3-2-4-17(18)27-12-15(24)11-20-7-8-21-19(25)14-5-9-26-10-6-14/h2-4,14-15,20,24H,5-12H2,1H3,(H,21,25)(H,22,23)/t15-/m0/s1. The molecule has 1 amide bonds. The molecule has 1 saturated heterocycles. The predicted octanol–water partition coefficient (Wildman–Crippen LogP) is 0.743. The highest BCUT2D eigenvalue weighted by Gasteiger charge is 2.20. The Morgan fingerprint density at radius 3 is 3.04 bits per heavy atom. The molecule has 0 bridgehead atoms. The number of nitrogens with zero attached hydrogens (tertiary/aromatic N) is 1. The van der Waals surface area contributed by atoms with Crippen LogP contribution >= 0.6 is 0 Å². The Bertz CT molecular complexity index is 742. The molecule has 4 N–H and O–H groups in total. The normalized spacial score (nSPS) is 16.4. The number of aromatic amines is 1. The van der Waals surface area contributed by atoms with Crippen LogP contribution in [-0.2, 0) is 9.53 Å². The second kappa shape index (κ2) is 9.68. The minimum Gasteiger partial charge on any atom is -0.490 e. The van der Waals surface area contributed by atoms with Gasteiger partial charge in [0.05, 0.1) is 10.9 Å². The summed E-state index contributed by atoms with van der Waals surface area (Å²) in [5, 5.41) is 24.2. The molecule has 8 nitrogen and oxygen atoms in total. The molecule has 0 radical (unpaired) electrons. The number of rotatable bonds is 9. The topological polar surface area (TPSA) is 109 Å². The zero-order valence-corrected chi connectivity index (χ0v) is 15.7. The molecule has 0 saturated carbocycles. The molecule has 1 aromatic carbocycles. The number of carbonyl (C=O) groups excluding carboxylic acids is 1. The Morgan fingerprint density at radius 2 is 2.22 bits per heavy atom. The number of ether oxygens (including phenoxy) is 2. The highest BCUT2D eigenvalue weighted by Crippen LogP contribution is 2.26. The lowest BCUT2D eigenvalue weighted by molar-refractivity contribution is -0.127. The van der Waals surface area contributed by atoms with Crippen LogP contribution in [0.3, 0.4) is 0 Å². The van der Waals surface area contributed by atoms with E-state index in [1.165, 1.54) is 0 Å². The number of aromatic nitrogens is 2. The minimum atomic E-state index is -0.640. The summed E-state index contributed by atoms with van der Waals surface area (Å²) in [6.07, 6.45) is 0.940. The van der Waals surface area contributed by atoms with Crippen LogP contribution in [-0.4, -0.2) is 66.8 Å². The van der Waals surface area contributed by atoms with E-state index in [0.717, 1.165) is 29.4 Å². The number of H-pyrrole nitrogens is 1. The molecule has 0 aliphatic carbocycles. The van der Waals surface area contributed by atoms with Crippen LogP contribution in [0.25, 0.3) is 10.9 Å². The lowest BCUT2D eigenvalue weighted by Gasteiger charge is -2.21. The quantitative estimate of drug-likeness (QED) is 0.481. The van der Waals surface area contributed by atoms with Gasteiger partial charge in [0.15, 0.2) is 0 Å². The van der Waals surface area contributed by atoms with Crippen LogP contribution in [0.1, 0.15) is 18.5 Å². The van der Waals surface area contributed by atoms with Gasteiger partial charge in [0.1, 0.15) is 18.5 Å². The van der Waals surface area contributed by atoms with Crippen LogP contribution in [0.2, 0.25) is 0 Å². The van der Waals surface area contributed by atoms with Gasteiger partial charge in [-0.1, -0.05) is 6.07 Å². The number of benzene rings is 1. The number of aliphatic hydroxyl groups is 1. The molecule has 1 aromatic heterocycles. The second-order valence-corrected chi connectivity index (χ2v) is 6.85. The molecule has 1 atom stereocenters. The van der Waals surface area contributed by atoms with Gasteiger partial charge in [0.2, 0.25) is 5.91 Å². The van der Waals surface area contributed by atoms with Crippen molar-refractivity contribution in [2.75, 3.05) is 39.5 Å². The van der Waals surface area contributed by atoms with Crippen molar-refractivity contribution in [1.82, 2.24) is 20.8 Å². The summed E-state index contributed by atoms with van der Waals surface area (Å²) in [5.74, 6) is 0.862. The second-order valence-electron chi connectivity index (χ2n) is 6.85. The van der Waals surface area contributed by atoms with E-state index in [0.29, 0.717) is 38.6 Å². The largest absolute Gasteiger partial charge is 0.490 e. The average molecular weight is 376 g/mol. The molecule has 0 unspecified atom stereocenters. The molecule has 27 heavy (non-hydrogen) atoms. The van der Waals surface area contributed by atoms with E-state index in [-0.39, 0.29) is 18.4 Å². The average Bonchev–Trinajstić information content (AvgIpc) is 3.08. The van der Waals surface area contributed by atoms with Crippen molar-refractivity contribution in [3.05, 3.63) is 23.9 Å². The van der Waals surface area contributed by atoms with Crippen molar-refractivity contribution in [3.8, 4) is 5.75 Å². The fourth-order valence-electron chi connectivity index (χ4n) is 3.20. The maximum Gasteiger partial charge on any atom is 0.223 e. The van der Waals surface area contributed by atoms with E-state index in [4.69, 9.17) is 9.47 Å². The van der Waals surface area contributed by atoms with E-state index in [2.05, 4.69) is 20.8 Å². The third-order valence-corrected chi connectivity index (χ3v) is 4.73. The van der Waals surface area contributed by atoms with E-state index < -0.39 is 6.10 Å². The van der Waals surface area contributed by atoms with E-state index in [9.17, 15) is 9.90 Å². The molecular weight excluding hydrogens is 348 g/mol. The number of fused-ring (bicyclic) bond motifs is 1. The van der Waals surface area contributed by atoms with Crippen LogP contribution < -0.4 is 15.4 Å². The van der Waals surface area contributed by atoms with Gasteiger partial charge in [0, 0.05) is 44.5 Å². The molecule has 2 aromatic rings. The highest BCUT2D eigenvalue weighted by atomic mass is 16.5.